The molecule has 4 N–H and O–H groups in total. The molecular formula is H4NiO5P. The Morgan fingerprint density at radius 2 is 1.14 bits per heavy atom. The summed E-state index contributed by atoms with van der Waals surface area (Å²) in [6, 6.07) is 0. The van der Waals surface area contributed by atoms with E-state index in [1.807, 2.05) is 0 Å². The zero-order chi connectivity index (χ0) is 6.50. The van der Waals surface area contributed by atoms with Gasteiger partial charge in [-0.25, -0.2) is 4.57 Å². The molecule has 0 radical (unpaired) electrons. The molecule has 0 aliphatic heterocycles. The fourth-order valence-corrected chi connectivity index (χ4v) is 0. The van der Waals surface area contributed by atoms with E-state index in [-0.39, 0.29) is 0 Å². The van der Waals surface area contributed by atoms with Crippen LogP contribution < -0.4 is 0 Å². The number of rotatable bonds is 0. The van der Waals surface area contributed by atoms with Crippen molar-refractivity contribution in [1.82, 2.24) is 0 Å². The van der Waals surface area contributed by atoms with Crippen LogP contribution in [0.5, 0.6) is 0 Å². The first-order chi connectivity index (χ1) is 3.00. The third-order valence-electron chi connectivity index (χ3n) is 0. The molecule has 0 aliphatic carbocycles. The van der Waals surface area contributed by atoms with Gasteiger partial charge in [-0.05, 0) is 0 Å². The standard InChI is InChI=1S/Ni.H3O4P.H2O/c;1-5(2,3)4;/h;(H3,1,2,3,4);1H2/q+1;;/p-1. The quantitative estimate of drug-likeness (QED) is 0.265. The fraction of sp³-hybridized carbons (Fsp3) is 0. The average molecular weight is 174 g/mol. The average Bonchev–Trinajstić information content (AvgIpc) is 1.36. The monoisotopic (exact) mass is 173 g/mol. The van der Waals surface area contributed by atoms with Crippen LogP contribution in [-0.4, -0.2) is 18.9 Å². The Morgan fingerprint density at radius 3 is 1.14 bits per heavy atom. The van der Waals surface area contributed by atoms with Crippen LogP contribution in [0, 0.1) is 0 Å². The molecule has 0 saturated carbocycles. The first-order valence-corrected chi connectivity index (χ1v) is 2.93. The van der Waals surface area contributed by atoms with E-state index < -0.39 is 7.82 Å². The van der Waals surface area contributed by atoms with Gasteiger partial charge in [-0.3, -0.25) is 0 Å². The molecule has 0 heterocycles. The molecular weight excluding hydrogens is 170 g/mol. The van der Waals surface area contributed by atoms with Crippen molar-refractivity contribution in [2.45, 2.75) is 0 Å². The summed E-state index contributed by atoms with van der Waals surface area (Å²) >= 11 is 2.88. The van der Waals surface area contributed by atoms with Crippen LogP contribution in [0.4, 0.5) is 0 Å². The van der Waals surface area contributed by atoms with Crippen LogP contribution in [0.3, 0.4) is 0 Å². The molecule has 0 aromatic heterocycles. The van der Waals surface area contributed by atoms with Gasteiger partial charge in [0.05, 0.1) is 0 Å². The Kier molecular flexibility index (Phi) is 7.09. The minimum atomic E-state index is -4.64. The molecule has 7 heteroatoms. The number of hydrogen-bond acceptors (Lipinski definition) is 2. The predicted octanol–water partition coefficient (Wildman–Crippen LogP) is -1.49. The van der Waals surface area contributed by atoms with Crippen molar-refractivity contribution in [3.8, 4) is 0 Å². The summed E-state index contributed by atoms with van der Waals surface area (Å²) in [4.78, 5) is 21.6. The molecule has 49 valence electrons. The van der Waals surface area contributed by atoms with Gasteiger partial charge < -0.3 is 14.7 Å². The van der Waals surface area contributed by atoms with Crippen LogP contribution in [0.25, 0.3) is 0 Å². The van der Waals surface area contributed by atoms with Crippen LogP contribution in [0.1, 0.15) is 0 Å². The predicted molar refractivity (Wildman–Crippen MR) is 16.5 cm³/mol. The van der Waals surface area contributed by atoms with Crippen molar-refractivity contribution < 1.29 is 39.3 Å². The third kappa shape index (κ3) is 430. The van der Waals surface area contributed by atoms with Gasteiger partial charge in [-0.15, -0.1) is 0 Å². The van der Waals surface area contributed by atoms with Gasteiger partial charge in [0.15, 0.2) is 0 Å². The van der Waals surface area contributed by atoms with E-state index in [2.05, 4.69) is 15.8 Å². The van der Waals surface area contributed by atoms with E-state index in [1.54, 1.807) is 0 Å². The second-order valence-electron chi connectivity index (χ2n) is 0.513. The van der Waals surface area contributed by atoms with Crippen LogP contribution >= 0.6 is 7.82 Å². The summed E-state index contributed by atoms with van der Waals surface area (Å²) < 4.78 is 15.5. The molecule has 0 aromatic rings. The molecule has 0 unspecified atom stereocenters. The molecule has 0 rings (SSSR count). The molecule has 0 saturated heterocycles. The van der Waals surface area contributed by atoms with E-state index in [4.69, 9.17) is 23.5 Å². The summed E-state index contributed by atoms with van der Waals surface area (Å²) in [6.45, 7) is 0. The molecule has 0 aliphatic rings. The molecule has 0 amide bonds. The Labute approximate surface area is 47.9 Å². The molecule has 7 heavy (non-hydrogen) atoms. The van der Waals surface area contributed by atoms with Gasteiger partial charge >= 0.3 is 27.9 Å². The molecule has 0 aromatic carbocycles. The Morgan fingerprint density at radius 1 is 1.14 bits per heavy atom. The second kappa shape index (κ2) is 4.72. The van der Waals surface area contributed by atoms with E-state index in [0.29, 0.717) is 0 Å². The van der Waals surface area contributed by atoms with Crippen LogP contribution in [-0.2, 0) is 20.4 Å². The molecule has 0 bridgehead atoms. The van der Waals surface area contributed by atoms with Gasteiger partial charge in [0.1, 0.15) is 0 Å². The normalized spacial score (nSPS) is 9.43. The zero-order valence-corrected chi connectivity index (χ0v) is 4.84. The summed E-state index contributed by atoms with van der Waals surface area (Å²) in [7, 11) is -4.64. The summed E-state index contributed by atoms with van der Waals surface area (Å²) in [5.74, 6) is 0. The van der Waals surface area contributed by atoms with Crippen molar-refractivity contribution >= 4 is 7.82 Å². The first-order valence-electron chi connectivity index (χ1n) is 0.924. The van der Waals surface area contributed by atoms with Crippen molar-refractivity contribution in [2.24, 2.45) is 0 Å². The van der Waals surface area contributed by atoms with Gasteiger partial charge in [0.2, 0.25) is 0 Å². The topological polar surface area (TPSA) is 98.0 Å². The molecule has 0 fully saturated rings. The minimum absolute atomic E-state index is 2.88. The van der Waals surface area contributed by atoms with Crippen LogP contribution in [0.15, 0.2) is 0 Å². The molecule has 5 nitrogen and oxygen atoms in total. The van der Waals surface area contributed by atoms with E-state index in [9.17, 15) is 0 Å². The summed E-state index contributed by atoms with van der Waals surface area (Å²) in [5, 5.41) is 0. The maximum absolute atomic E-state index is 8.88. The van der Waals surface area contributed by atoms with Crippen molar-refractivity contribution in [3.05, 3.63) is 0 Å². The number of phosphoric acid groups is 1. The first kappa shape index (κ1) is 10.5. The van der Waals surface area contributed by atoms with Crippen LogP contribution in [0.2, 0.25) is 0 Å². The summed E-state index contributed by atoms with van der Waals surface area (Å²) in [5.41, 5.74) is 0. The maximum atomic E-state index is 8.88. The van der Waals surface area contributed by atoms with Gasteiger partial charge in [0, 0.05) is 0 Å². The van der Waals surface area contributed by atoms with Crippen molar-refractivity contribution in [2.75, 3.05) is 0 Å². The zero-order valence-electron chi connectivity index (χ0n) is 2.96. The summed E-state index contributed by atoms with van der Waals surface area (Å²) in [6.07, 6.45) is 0. The van der Waals surface area contributed by atoms with E-state index in [1.165, 1.54) is 0 Å². The van der Waals surface area contributed by atoms with E-state index in [0.717, 1.165) is 0 Å². The number of hydrogen-bond donors (Lipinski definition) is 4. The SMILES string of the molecule is O=P(O)(O)O.[OH][Ni]. The Balaban J connectivity index is 0. The van der Waals surface area contributed by atoms with Gasteiger partial charge in [-0.1, -0.05) is 0 Å². The Bertz CT molecular complexity index is 54.2. The van der Waals surface area contributed by atoms with E-state index >= 15 is 0 Å². The molecule has 0 spiro atoms. The van der Waals surface area contributed by atoms with Gasteiger partial charge in [0.25, 0.3) is 0 Å². The van der Waals surface area contributed by atoms with Crippen molar-refractivity contribution in [1.29, 1.82) is 0 Å². The fourth-order valence-electron chi connectivity index (χ4n) is 0. The third-order valence-corrected chi connectivity index (χ3v) is 0. The molecule has 0 atom stereocenters. The Hall–Kier alpha value is 0.564. The van der Waals surface area contributed by atoms with Crippen molar-refractivity contribution in [3.63, 3.8) is 0 Å². The van der Waals surface area contributed by atoms with Gasteiger partial charge in [-0.2, -0.15) is 0 Å². The second-order valence-corrected chi connectivity index (χ2v) is 1.54.